The molecule has 0 aliphatic heterocycles. The van der Waals surface area contributed by atoms with Gasteiger partial charge in [-0.1, -0.05) is 11.6 Å². The Morgan fingerprint density at radius 2 is 2.11 bits per heavy atom. The third-order valence-electron chi connectivity index (χ3n) is 2.40. The van der Waals surface area contributed by atoms with Crippen molar-refractivity contribution in [3.63, 3.8) is 0 Å². The van der Waals surface area contributed by atoms with Crippen molar-refractivity contribution in [3.05, 3.63) is 51.2 Å². The minimum absolute atomic E-state index is 0.00448. The zero-order valence-electron chi connectivity index (χ0n) is 9.74. The van der Waals surface area contributed by atoms with E-state index in [1.165, 1.54) is 19.2 Å². The summed E-state index contributed by atoms with van der Waals surface area (Å²) in [6.45, 7) is 0. The second-order valence-electron chi connectivity index (χ2n) is 3.65. The van der Waals surface area contributed by atoms with Crippen LogP contribution in [-0.2, 0) is 4.74 Å². The second kappa shape index (κ2) is 5.19. The average Bonchev–Trinajstić information content (AvgIpc) is 2.39. The van der Waals surface area contributed by atoms with Crippen molar-refractivity contribution in [2.75, 3.05) is 7.11 Å². The SMILES string of the molecule is COC(=O)c1cc(F)cc(-c2cc(Cl)n[nH]c2=O)c1. The zero-order chi connectivity index (χ0) is 14.0. The topological polar surface area (TPSA) is 72.0 Å². The van der Waals surface area contributed by atoms with E-state index >= 15 is 0 Å². The minimum Gasteiger partial charge on any atom is -0.465 e. The van der Waals surface area contributed by atoms with Gasteiger partial charge in [0.25, 0.3) is 5.56 Å². The maximum Gasteiger partial charge on any atom is 0.337 e. The number of carbonyl (C=O) groups excluding carboxylic acids is 1. The zero-order valence-corrected chi connectivity index (χ0v) is 10.5. The smallest absolute Gasteiger partial charge is 0.337 e. The van der Waals surface area contributed by atoms with Crippen LogP contribution in [-0.4, -0.2) is 23.3 Å². The minimum atomic E-state index is -0.697. The summed E-state index contributed by atoms with van der Waals surface area (Å²) in [7, 11) is 1.18. The highest BCUT2D eigenvalue weighted by molar-refractivity contribution is 6.29. The van der Waals surface area contributed by atoms with Crippen LogP contribution in [0.2, 0.25) is 5.15 Å². The van der Waals surface area contributed by atoms with E-state index in [0.717, 1.165) is 12.1 Å². The van der Waals surface area contributed by atoms with Gasteiger partial charge in [0.1, 0.15) is 11.0 Å². The summed E-state index contributed by atoms with van der Waals surface area (Å²) >= 11 is 5.67. The molecule has 0 bridgehead atoms. The third-order valence-corrected chi connectivity index (χ3v) is 2.60. The highest BCUT2D eigenvalue weighted by Crippen LogP contribution is 2.20. The second-order valence-corrected chi connectivity index (χ2v) is 4.04. The van der Waals surface area contributed by atoms with Crippen LogP contribution < -0.4 is 5.56 Å². The fraction of sp³-hybridized carbons (Fsp3) is 0.0833. The average molecular weight is 283 g/mol. The molecular weight excluding hydrogens is 275 g/mol. The molecule has 0 atom stereocenters. The summed E-state index contributed by atoms with van der Waals surface area (Å²) in [6.07, 6.45) is 0. The molecule has 2 rings (SSSR count). The lowest BCUT2D eigenvalue weighted by Gasteiger charge is -2.04. The number of nitrogens with zero attached hydrogens (tertiary/aromatic N) is 1. The molecule has 5 nitrogen and oxygen atoms in total. The van der Waals surface area contributed by atoms with Crippen LogP contribution >= 0.6 is 11.6 Å². The van der Waals surface area contributed by atoms with Gasteiger partial charge in [-0.25, -0.2) is 14.3 Å². The molecule has 1 aromatic carbocycles. The first-order valence-corrected chi connectivity index (χ1v) is 5.53. The molecule has 0 fully saturated rings. The van der Waals surface area contributed by atoms with E-state index in [1.807, 2.05) is 0 Å². The van der Waals surface area contributed by atoms with Crippen LogP contribution in [0.5, 0.6) is 0 Å². The normalized spacial score (nSPS) is 10.3. The predicted molar refractivity (Wildman–Crippen MR) is 66.6 cm³/mol. The van der Waals surface area contributed by atoms with Crippen LogP contribution in [0, 0.1) is 5.82 Å². The largest absolute Gasteiger partial charge is 0.465 e. The van der Waals surface area contributed by atoms with Crippen molar-refractivity contribution in [1.82, 2.24) is 10.2 Å². The molecule has 0 radical (unpaired) electrons. The van der Waals surface area contributed by atoms with Gasteiger partial charge < -0.3 is 4.74 Å². The number of halogens is 2. The fourth-order valence-corrected chi connectivity index (χ4v) is 1.73. The van der Waals surface area contributed by atoms with Crippen molar-refractivity contribution >= 4 is 17.6 Å². The van der Waals surface area contributed by atoms with Gasteiger partial charge in [-0.15, -0.1) is 0 Å². The first-order chi connectivity index (χ1) is 9.01. The van der Waals surface area contributed by atoms with E-state index in [-0.39, 0.29) is 21.8 Å². The quantitative estimate of drug-likeness (QED) is 0.855. The van der Waals surface area contributed by atoms with Crippen LogP contribution in [0.15, 0.2) is 29.1 Å². The number of benzene rings is 1. The maximum absolute atomic E-state index is 13.5. The van der Waals surface area contributed by atoms with E-state index < -0.39 is 17.3 Å². The molecule has 1 heterocycles. The number of methoxy groups -OCH3 is 1. The molecule has 2 aromatic rings. The highest BCUT2D eigenvalue weighted by atomic mass is 35.5. The summed E-state index contributed by atoms with van der Waals surface area (Å²) in [5.74, 6) is -1.36. The molecule has 1 aromatic heterocycles. The van der Waals surface area contributed by atoms with Gasteiger partial charge in [-0.05, 0) is 29.8 Å². The number of nitrogens with one attached hydrogen (secondary N) is 1. The standard InChI is InChI=1S/C12H8ClFN2O3/c1-19-12(18)7-2-6(3-8(14)4-7)9-5-10(13)15-16-11(9)17/h2-5H,1H3,(H,16,17). The molecular formula is C12H8ClFN2O3. The Balaban J connectivity index is 2.62. The summed E-state index contributed by atoms with van der Waals surface area (Å²) in [5, 5.41) is 5.73. The van der Waals surface area contributed by atoms with Crippen molar-refractivity contribution in [2.45, 2.75) is 0 Å². The summed E-state index contributed by atoms with van der Waals surface area (Å²) in [4.78, 5) is 23.0. The Hall–Kier alpha value is -2.21. The molecule has 0 amide bonds. The van der Waals surface area contributed by atoms with Gasteiger partial charge in [0.05, 0.1) is 18.2 Å². The van der Waals surface area contributed by atoms with E-state index in [2.05, 4.69) is 14.9 Å². The number of aromatic nitrogens is 2. The van der Waals surface area contributed by atoms with Crippen LogP contribution in [0.1, 0.15) is 10.4 Å². The first kappa shape index (κ1) is 13.2. The van der Waals surface area contributed by atoms with Gasteiger partial charge in [0.15, 0.2) is 0 Å². The van der Waals surface area contributed by atoms with Gasteiger partial charge >= 0.3 is 5.97 Å². The monoisotopic (exact) mass is 282 g/mol. The molecule has 0 saturated heterocycles. The summed E-state index contributed by atoms with van der Waals surface area (Å²) in [5.41, 5.74) is -0.203. The first-order valence-electron chi connectivity index (χ1n) is 5.16. The van der Waals surface area contributed by atoms with E-state index in [0.29, 0.717) is 0 Å². The fourth-order valence-electron chi connectivity index (χ4n) is 1.58. The van der Waals surface area contributed by atoms with Gasteiger partial charge in [-0.3, -0.25) is 4.79 Å². The number of esters is 1. The molecule has 0 spiro atoms. The van der Waals surface area contributed by atoms with Crippen molar-refractivity contribution < 1.29 is 13.9 Å². The van der Waals surface area contributed by atoms with E-state index in [4.69, 9.17) is 11.6 Å². The number of hydrogen-bond acceptors (Lipinski definition) is 4. The number of rotatable bonds is 2. The molecule has 0 aliphatic rings. The lowest BCUT2D eigenvalue weighted by atomic mass is 10.0. The van der Waals surface area contributed by atoms with Crippen LogP contribution in [0.3, 0.4) is 0 Å². The molecule has 19 heavy (non-hydrogen) atoms. The Morgan fingerprint density at radius 1 is 1.37 bits per heavy atom. The van der Waals surface area contributed by atoms with Crippen LogP contribution in [0.25, 0.3) is 11.1 Å². The van der Waals surface area contributed by atoms with Gasteiger partial charge in [0.2, 0.25) is 0 Å². The maximum atomic E-state index is 13.5. The predicted octanol–water partition coefficient (Wildman–Crippen LogP) is 2.02. The van der Waals surface area contributed by atoms with E-state index in [1.54, 1.807) is 0 Å². The summed E-state index contributed by atoms with van der Waals surface area (Å²) < 4.78 is 18.0. The lowest BCUT2D eigenvalue weighted by molar-refractivity contribution is 0.0600. The highest BCUT2D eigenvalue weighted by Gasteiger charge is 2.12. The Morgan fingerprint density at radius 3 is 2.79 bits per heavy atom. The third kappa shape index (κ3) is 2.79. The van der Waals surface area contributed by atoms with Gasteiger partial charge in [0, 0.05) is 0 Å². The van der Waals surface area contributed by atoms with Crippen molar-refractivity contribution in [1.29, 1.82) is 0 Å². The molecule has 98 valence electrons. The number of aromatic amines is 1. The Labute approximate surface area is 112 Å². The Bertz CT molecular complexity index is 700. The van der Waals surface area contributed by atoms with E-state index in [9.17, 15) is 14.0 Å². The van der Waals surface area contributed by atoms with Crippen molar-refractivity contribution in [3.8, 4) is 11.1 Å². The number of H-pyrrole nitrogens is 1. The number of ether oxygens (including phenoxy) is 1. The van der Waals surface area contributed by atoms with Crippen LogP contribution in [0.4, 0.5) is 4.39 Å². The molecule has 1 N–H and O–H groups in total. The molecule has 7 heteroatoms. The van der Waals surface area contributed by atoms with Gasteiger partial charge in [-0.2, -0.15) is 5.10 Å². The Kier molecular flexibility index (Phi) is 3.62. The number of carbonyl (C=O) groups is 1. The van der Waals surface area contributed by atoms with Crippen molar-refractivity contribution in [2.24, 2.45) is 0 Å². The lowest BCUT2D eigenvalue weighted by Crippen LogP contribution is -2.11. The number of hydrogen-bond donors (Lipinski definition) is 1. The molecule has 0 unspecified atom stereocenters. The summed E-state index contributed by atoms with van der Waals surface area (Å²) in [6, 6.07) is 4.77. The molecule has 0 saturated carbocycles. The molecule has 0 aliphatic carbocycles.